The molecule has 0 N–H and O–H groups in total. The largest absolute Gasteiger partial charge is 0.366 e. The van der Waals surface area contributed by atoms with Gasteiger partial charge in [0.25, 0.3) is 0 Å². The Morgan fingerprint density at radius 2 is 2.06 bits per heavy atom. The molecule has 4 nitrogen and oxygen atoms in total. The van der Waals surface area contributed by atoms with Crippen molar-refractivity contribution >= 4 is 5.91 Å². The Bertz CT molecular complexity index is 259. The van der Waals surface area contributed by atoms with E-state index in [2.05, 4.69) is 4.90 Å². The molecule has 0 bridgehead atoms. The summed E-state index contributed by atoms with van der Waals surface area (Å²) in [6.45, 7) is 7.95. The molecule has 0 aromatic heterocycles. The molecule has 100 valence electrons. The number of hydrogen-bond acceptors (Lipinski definition) is 3. The quantitative estimate of drug-likeness (QED) is 0.746. The molecule has 0 aromatic carbocycles. The molecule has 1 heterocycles. The summed E-state index contributed by atoms with van der Waals surface area (Å²) < 4.78 is 5.55. The topological polar surface area (TPSA) is 32.8 Å². The molecule has 1 amide bonds. The lowest BCUT2D eigenvalue weighted by atomic mass is 10.2. The summed E-state index contributed by atoms with van der Waals surface area (Å²) >= 11 is 0. The maximum absolute atomic E-state index is 12.1. The van der Waals surface area contributed by atoms with Crippen LogP contribution in [0.2, 0.25) is 0 Å². The summed E-state index contributed by atoms with van der Waals surface area (Å²) in [7, 11) is 4.10. The molecule has 0 radical (unpaired) electrons. The lowest BCUT2D eigenvalue weighted by Crippen LogP contribution is -2.43. The fourth-order valence-corrected chi connectivity index (χ4v) is 2.14. The van der Waals surface area contributed by atoms with Gasteiger partial charge in [0.15, 0.2) is 0 Å². The predicted molar refractivity (Wildman–Crippen MR) is 69.0 cm³/mol. The monoisotopic (exact) mass is 242 g/mol. The van der Waals surface area contributed by atoms with Gasteiger partial charge in [-0.25, -0.2) is 0 Å². The second kappa shape index (κ2) is 5.83. The van der Waals surface area contributed by atoms with E-state index in [1.807, 2.05) is 39.8 Å². The van der Waals surface area contributed by atoms with Crippen LogP contribution < -0.4 is 0 Å². The number of rotatable bonds is 4. The van der Waals surface area contributed by atoms with Gasteiger partial charge in [0.1, 0.15) is 6.61 Å². The minimum absolute atomic E-state index is 0.129. The van der Waals surface area contributed by atoms with Gasteiger partial charge in [0.2, 0.25) is 5.91 Å². The zero-order valence-electron chi connectivity index (χ0n) is 11.8. The molecular formula is C13H26N2O2. The average Bonchev–Trinajstić information content (AvgIpc) is 2.60. The van der Waals surface area contributed by atoms with Crippen LogP contribution in [0.15, 0.2) is 0 Å². The molecule has 17 heavy (non-hydrogen) atoms. The van der Waals surface area contributed by atoms with Crippen molar-refractivity contribution in [3.63, 3.8) is 0 Å². The van der Waals surface area contributed by atoms with Crippen LogP contribution >= 0.6 is 0 Å². The van der Waals surface area contributed by atoms with E-state index < -0.39 is 0 Å². The zero-order chi connectivity index (χ0) is 13.1. The second-order valence-corrected chi connectivity index (χ2v) is 6.05. The Balaban J connectivity index is 2.44. The van der Waals surface area contributed by atoms with Gasteiger partial charge in [-0.3, -0.25) is 4.79 Å². The van der Waals surface area contributed by atoms with Crippen LogP contribution in [0.3, 0.4) is 0 Å². The van der Waals surface area contributed by atoms with E-state index in [1.165, 1.54) is 0 Å². The van der Waals surface area contributed by atoms with Crippen LogP contribution in [-0.2, 0) is 9.53 Å². The van der Waals surface area contributed by atoms with Gasteiger partial charge in [-0.05, 0) is 47.7 Å². The summed E-state index contributed by atoms with van der Waals surface area (Å²) in [6.07, 6.45) is 2.22. The Morgan fingerprint density at radius 3 is 2.59 bits per heavy atom. The minimum Gasteiger partial charge on any atom is -0.366 e. The lowest BCUT2D eigenvalue weighted by molar-refractivity contribution is -0.142. The van der Waals surface area contributed by atoms with Crippen LogP contribution in [0.1, 0.15) is 33.6 Å². The summed E-state index contributed by atoms with van der Waals surface area (Å²) in [5.41, 5.74) is -0.244. The number of carbonyl (C=O) groups is 1. The first-order valence-electron chi connectivity index (χ1n) is 6.38. The highest BCUT2D eigenvalue weighted by molar-refractivity contribution is 5.78. The standard InChI is InChI=1S/C13H26N2O2/c1-13(2,3)17-10-12(16)15-8-6-7-11(15)9-14(4)5/h11H,6-10H2,1-5H3. The Kier molecular flexibility index (Phi) is 4.95. The number of nitrogens with zero attached hydrogens (tertiary/aromatic N) is 2. The summed E-state index contributed by atoms with van der Waals surface area (Å²) in [6, 6.07) is 0.362. The maximum Gasteiger partial charge on any atom is 0.248 e. The molecule has 1 atom stereocenters. The molecule has 0 aromatic rings. The molecule has 1 saturated heterocycles. The zero-order valence-corrected chi connectivity index (χ0v) is 11.8. The first-order chi connectivity index (χ1) is 7.79. The van der Waals surface area contributed by atoms with E-state index in [4.69, 9.17) is 4.74 Å². The maximum atomic E-state index is 12.1. The summed E-state index contributed by atoms with van der Waals surface area (Å²) in [5, 5.41) is 0. The molecule has 1 rings (SSSR count). The fourth-order valence-electron chi connectivity index (χ4n) is 2.14. The number of likely N-dealkylation sites (N-methyl/N-ethyl adjacent to an activating group) is 1. The summed E-state index contributed by atoms with van der Waals surface area (Å²) in [4.78, 5) is 16.2. The SMILES string of the molecule is CN(C)CC1CCCN1C(=O)COC(C)(C)C. The number of ether oxygens (including phenoxy) is 1. The molecule has 4 heteroatoms. The average molecular weight is 242 g/mol. The van der Waals surface area contributed by atoms with Crippen molar-refractivity contribution in [1.29, 1.82) is 0 Å². The number of likely N-dealkylation sites (tertiary alicyclic amines) is 1. The van der Waals surface area contributed by atoms with Crippen molar-refractivity contribution in [2.24, 2.45) is 0 Å². The van der Waals surface area contributed by atoms with E-state index >= 15 is 0 Å². The van der Waals surface area contributed by atoms with Crippen molar-refractivity contribution in [2.75, 3.05) is 33.8 Å². The van der Waals surface area contributed by atoms with Gasteiger partial charge in [-0.1, -0.05) is 0 Å². The number of hydrogen-bond donors (Lipinski definition) is 0. The highest BCUT2D eigenvalue weighted by Crippen LogP contribution is 2.18. The third-order valence-corrected chi connectivity index (χ3v) is 2.90. The molecule has 1 aliphatic heterocycles. The van der Waals surface area contributed by atoms with Crippen LogP contribution in [0.5, 0.6) is 0 Å². The molecule has 1 unspecified atom stereocenters. The highest BCUT2D eigenvalue weighted by atomic mass is 16.5. The van der Waals surface area contributed by atoms with Gasteiger partial charge in [-0.15, -0.1) is 0 Å². The van der Waals surface area contributed by atoms with Crippen molar-refractivity contribution in [3.8, 4) is 0 Å². The number of carbonyl (C=O) groups excluding carboxylic acids is 1. The minimum atomic E-state index is -0.244. The van der Waals surface area contributed by atoms with Crippen molar-refractivity contribution < 1.29 is 9.53 Å². The molecule has 1 aliphatic rings. The van der Waals surface area contributed by atoms with Crippen LogP contribution in [0, 0.1) is 0 Å². The lowest BCUT2D eigenvalue weighted by Gasteiger charge is -2.28. The van der Waals surface area contributed by atoms with Gasteiger partial charge < -0.3 is 14.5 Å². The Hall–Kier alpha value is -0.610. The Morgan fingerprint density at radius 1 is 1.41 bits per heavy atom. The molecule has 0 aliphatic carbocycles. The highest BCUT2D eigenvalue weighted by Gasteiger charge is 2.29. The van der Waals surface area contributed by atoms with Crippen LogP contribution in [0.4, 0.5) is 0 Å². The normalized spacial score (nSPS) is 21.3. The van der Waals surface area contributed by atoms with E-state index in [1.54, 1.807) is 0 Å². The van der Waals surface area contributed by atoms with E-state index in [-0.39, 0.29) is 18.1 Å². The third kappa shape index (κ3) is 5.04. The third-order valence-electron chi connectivity index (χ3n) is 2.90. The molecular weight excluding hydrogens is 216 g/mol. The van der Waals surface area contributed by atoms with E-state index in [0.717, 1.165) is 25.9 Å². The summed E-state index contributed by atoms with van der Waals surface area (Å²) in [5.74, 6) is 0.129. The van der Waals surface area contributed by atoms with Gasteiger partial charge in [0.05, 0.1) is 5.60 Å². The molecule has 1 fully saturated rings. The second-order valence-electron chi connectivity index (χ2n) is 6.05. The van der Waals surface area contributed by atoms with Crippen molar-refractivity contribution in [1.82, 2.24) is 9.80 Å². The molecule has 0 spiro atoms. The van der Waals surface area contributed by atoms with Crippen LogP contribution in [-0.4, -0.2) is 61.1 Å². The first kappa shape index (κ1) is 14.5. The Labute approximate surface area is 105 Å². The van der Waals surface area contributed by atoms with Crippen molar-refractivity contribution in [3.05, 3.63) is 0 Å². The predicted octanol–water partition coefficient (Wildman–Crippen LogP) is 1.35. The van der Waals surface area contributed by atoms with Gasteiger partial charge in [-0.2, -0.15) is 0 Å². The van der Waals surface area contributed by atoms with Gasteiger partial charge >= 0.3 is 0 Å². The van der Waals surface area contributed by atoms with Gasteiger partial charge in [0, 0.05) is 19.1 Å². The first-order valence-corrected chi connectivity index (χ1v) is 6.38. The fraction of sp³-hybridized carbons (Fsp3) is 0.923. The smallest absolute Gasteiger partial charge is 0.248 e. The van der Waals surface area contributed by atoms with Crippen LogP contribution in [0.25, 0.3) is 0 Å². The van der Waals surface area contributed by atoms with Crippen molar-refractivity contribution in [2.45, 2.75) is 45.3 Å². The molecule has 0 saturated carbocycles. The van der Waals surface area contributed by atoms with E-state index in [0.29, 0.717) is 6.04 Å². The van der Waals surface area contributed by atoms with E-state index in [9.17, 15) is 4.79 Å². The number of amides is 1.